The van der Waals surface area contributed by atoms with Crippen LogP contribution in [0.25, 0.3) is 10.6 Å². The first kappa shape index (κ1) is 20.5. The molecule has 0 spiro atoms. The van der Waals surface area contributed by atoms with Crippen LogP contribution in [0.1, 0.15) is 28.8 Å². The van der Waals surface area contributed by atoms with E-state index in [1.54, 1.807) is 6.07 Å². The number of anilines is 1. The van der Waals surface area contributed by atoms with E-state index in [1.165, 1.54) is 23.8 Å². The number of ether oxygens (including phenoxy) is 2. The lowest BCUT2D eigenvalue weighted by molar-refractivity contribution is -0.223. The number of aromatic nitrogens is 2. The number of pyridine rings is 1. The Morgan fingerprint density at radius 2 is 2.10 bits per heavy atom. The third-order valence-corrected chi connectivity index (χ3v) is 5.36. The topological polar surface area (TPSA) is 93.6 Å². The highest BCUT2D eigenvalue weighted by atomic mass is 32.1. The molecule has 4 rings (SSSR count). The van der Waals surface area contributed by atoms with Crippen molar-refractivity contribution in [3.63, 3.8) is 0 Å². The van der Waals surface area contributed by atoms with Crippen molar-refractivity contribution in [2.24, 2.45) is 0 Å². The van der Waals surface area contributed by atoms with Crippen molar-refractivity contribution in [2.75, 3.05) is 18.5 Å². The lowest BCUT2D eigenvalue weighted by atomic mass is 10.1. The van der Waals surface area contributed by atoms with Crippen molar-refractivity contribution in [3.8, 4) is 10.6 Å². The number of carbonyl (C=O) groups is 1. The number of aliphatic hydroxyl groups excluding tert-OH is 1. The van der Waals surface area contributed by atoms with Gasteiger partial charge in [0.25, 0.3) is 5.91 Å². The van der Waals surface area contributed by atoms with E-state index in [9.17, 15) is 18.7 Å². The van der Waals surface area contributed by atoms with Gasteiger partial charge in [0.05, 0.1) is 36.8 Å². The molecule has 7 nitrogen and oxygen atoms in total. The number of amides is 1. The minimum Gasteiger partial charge on any atom is -0.394 e. The molecule has 1 aromatic carbocycles. The maximum absolute atomic E-state index is 14.0. The van der Waals surface area contributed by atoms with Gasteiger partial charge in [-0.15, -0.1) is 11.3 Å². The Kier molecular flexibility index (Phi) is 6.09. The zero-order valence-electron chi connectivity index (χ0n) is 15.5. The van der Waals surface area contributed by atoms with Crippen LogP contribution in [-0.2, 0) is 9.47 Å². The molecule has 1 fully saturated rings. The minimum absolute atomic E-state index is 0.00571. The van der Waals surface area contributed by atoms with E-state index < -0.39 is 23.8 Å². The summed E-state index contributed by atoms with van der Waals surface area (Å²) in [5, 5.41) is 13.5. The van der Waals surface area contributed by atoms with E-state index >= 15 is 0 Å². The molecule has 10 heteroatoms. The number of rotatable bonds is 5. The van der Waals surface area contributed by atoms with Crippen molar-refractivity contribution in [1.82, 2.24) is 9.97 Å². The minimum atomic E-state index is -0.771. The summed E-state index contributed by atoms with van der Waals surface area (Å²) in [6, 6.07) is 5.16. The Morgan fingerprint density at radius 3 is 2.87 bits per heavy atom. The number of hydrogen-bond acceptors (Lipinski definition) is 7. The first-order valence-corrected chi connectivity index (χ1v) is 9.98. The Balaban J connectivity index is 1.55. The maximum atomic E-state index is 14.0. The quantitative estimate of drug-likeness (QED) is 0.640. The molecule has 0 aliphatic carbocycles. The summed E-state index contributed by atoms with van der Waals surface area (Å²) in [5.41, 5.74) is 0.610. The molecule has 1 aliphatic rings. The van der Waals surface area contributed by atoms with E-state index in [1.807, 2.05) is 0 Å². The van der Waals surface area contributed by atoms with E-state index in [0.29, 0.717) is 24.3 Å². The summed E-state index contributed by atoms with van der Waals surface area (Å²) in [6.45, 7) is 0.260. The Hall–Kier alpha value is -2.79. The molecule has 156 valence electrons. The average Bonchev–Trinajstić information content (AvgIpc) is 3.24. The lowest BCUT2D eigenvalue weighted by Gasteiger charge is -2.30. The van der Waals surface area contributed by atoms with Crippen LogP contribution in [0.15, 0.2) is 42.0 Å². The molecule has 0 radical (unpaired) electrons. The average molecular weight is 433 g/mol. The predicted octanol–water partition coefficient (Wildman–Crippen LogP) is 3.53. The first-order valence-electron chi connectivity index (χ1n) is 9.10. The van der Waals surface area contributed by atoms with E-state index in [0.717, 1.165) is 23.5 Å². The second-order valence-corrected chi connectivity index (χ2v) is 7.34. The standard InChI is InChI=1S/C20H17F2N3O4S/c21-13-2-1-3-14(22)17(13)19-25-16(10-30-19)18(27)24-15-8-23-6-4-12(15)20-28-7-5-11(9-26)29-20/h1-4,6,8,10-11,20,26H,5,7,9H2,(H,24,27)/t11-,20-/m0/s1. The summed E-state index contributed by atoms with van der Waals surface area (Å²) in [5.74, 6) is -2.08. The van der Waals surface area contributed by atoms with Gasteiger partial charge in [0.15, 0.2) is 6.29 Å². The molecule has 1 aliphatic heterocycles. The van der Waals surface area contributed by atoms with Crippen molar-refractivity contribution in [2.45, 2.75) is 18.8 Å². The second-order valence-electron chi connectivity index (χ2n) is 6.48. The molecule has 2 atom stereocenters. The zero-order chi connectivity index (χ0) is 21.1. The number of nitrogens with zero attached hydrogens (tertiary/aromatic N) is 2. The molecule has 2 N–H and O–H groups in total. The molecule has 30 heavy (non-hydrogen) atoms. The van der Waals surface area contributed by atoms with Crippen molar-refractivity contribution in [3.05, 3.63) is 64.9 Å². The van der Waals surface area contributed by atoms with Crippen LogP contribution in [-0.4, -0.2) is 40.3 Å². The maximum Gasteiger partial charge on any atom is 0.275 e. The van der Waals surface area contributed by atoms with Crippen molar-refractivity contribution >= 4 is 22.9 Å². The molecule has 0 bridgehead atoms. The number of thiazole rings is 1. The second kappa shape index (κ2) is 8.92. The SMILES string of the molecule is O=C(Nc1cnccc1[C@H]1OCC[C@@H](CO)O1)c1csc(-c2c(F)cccc2F)n1. The van der Waals surface area contributed by atoms with Gasteiger partial charge in [-0.3, -0.25) is 9.78 Å². The fourth-order valence-electron chi connectivity index (χ4n) is 2.98. The highest BCUT2D eigenvalue weighted by Gasteiger charge is 2.27. The number of carbonyl (C=O) groups excluding carboxylic acids is 1. The summed E-state index contributed by atoms with van der Waals surface area (Å²) >= 11 is 0.961. The fraction of sp³-hybridized carbons (Fsp3) is 0.250. The van der Waals surface area contributed by atoms with Crippen LogP contribution in [0.4, 0.5) is 14.5 Å². The highest BCUT2D eigenvalue weighted by molar-refractivity contribution is 7.13. The van der Waals surface area contributed by atoms with Gasteiger partial charge in [-0.2, -0.15) is 0 Å². The molecular formula is C20H17F2N3O4S. The molecule has 3 heterocycles. The van der Waals surface area contributed by atoms with Gasteiger partial charge in [-0.05, 0) is 24.6 Å². The Bertz CT molecular complexity index is 1040. The van der Waals surface area contributed by atoms with Gasteiger partial charge in [0.2, 0.25) is 0 Å². The number of hydrogen-bond donors (Lipinski definition) is 2. The van der Waals surface area contributed by atoms with E-state index in [4.69, 9.17) is 9.47 Å². The molecule has 1 amide bonds. The Morgan fingerprint density at radius 1 is 1.30 bits per heavy atom. The van der Waals surface area contributed by atoms with Gasteiger partial charge >= 0.3 is 0 Å². The monoisotopic (exact) mass is 433 g/mol. The van der Waals surface area contributed by atoms with Crippen LogP contribution in [0.2, 0.25) is 0 Å². The zero-order valence-corrected chi connectivity index (χ0v) is 16.4. The molecular weight excluding hydrogens is 416 g/mol. The van der Waals surface area contributed by atoms with Gasteiger partial charge in [0, 0.05) is 17.1 Å². The smallest absolute Gasteiger partial charge is 0.275 e. The normalized spacial score (nSPS) is 18.9. The fourth-order valence-corrected chi connectivity index (χ4v) is 3.83. The van der Waals surface area contributed by atoms with Gasteiger partial charge in [-0.25, -0.2) is 13.8 Å². The van der Waals surface area contributed by atoms with Crippen molar-refractivity contribution in [1.29, 1.82) is 0 Å². The van der Waals surface area contributed by atoms with Gasteiger partial charge in [-0.1, -0.05) is 6.07 Å². The van der Waals surface area contributed by atoms with Gasteiger partial charge in [0.1, 0.15) is 22.3 Å². The molecule has 3 aromatic rings. The van der Waals surface area contributed by atoms with Crippen LogP contribution < -0.4 is 5.32 Å². The number of nitrogens with one attached hydrogen (secondary N) is 1. The highest BCUT2D eigenvalue weighted by Crippen LogP contribution is 2.32. The third-order valence-electron chi connectivity index (χ3n) is 4.50. The number of halogens is 2. The third kappa shape index (κ3) is 4.21. The van der Waals surface area contributed by atoms with Crippen LogP contribution in [0, 0.1) is 11.6 Å². The Labute approximate surface area is 174 Å². The van der Waals surface area contributed by atoms with E-state index in [2.05, 4.69) is 15.3 Å². The van der Waals surface area contributed by atoms with Crippen molar-refractivity contribution < 1.29 is 28.2 Å². The van der Waals surface area contributed by atoms with Crippen LogP contribution in [0.5, 0.6) is 0 Å². The number of aliphatic hydroxyl groups is 1. The summed E-state index contributed by atoms with van der Waals surface area (Å²) in [6.07, 6.45) is 2.40. The van der Waals surface area contributed by atoms with Gasteiger partial charge < -0.3 is 19.9 Å². The molecule has 0 unspecified atom stereocenters. The van der Waals surface area contributed by atoms with Crippen LogP contribution in [0.3, 0.4) is 0 Å². The lowest BCUT2D eigenvalue weighted by Crippen LogP contribution is -2.30. The first-order chi connectivity index (χ1) is 14.6. The molecule has 0 saturated carbocycles. The summed E-state index contributed by atoms with van der Waals surface area (Å²) in [7, 11) is 0. The summed E-state index contributed by atoms with van der Waals surface area (Å²) in [4.78, 5) is 20.8. The number of benzene rings is 1. The molecule has 1 saturated heterocycles. The predicted molar refractivity (Wildman–Crippen MR) is 105 cm³/mol. The van der Waals surface area contributed by atoms with E-state index in [-0.39, 0.29) is 29.0 Å². The van der Waals surface area contributed by atoms with Crippen LogP contribution >= 0.6 is 11.3 Å². The largest absolute Gasteiger partial charge is 0.394 e. The summed E-state index contributed by atoms with van der Waals surface area (Å²) < 4.78 is 39.3. The molecule has 2 aromatic heterocycles.